The largest absolute Gasteiger partial charge is 0.391 e. The van der Waals surface area contributed by atoms with Crippen molar-refractivity contribution in [2.75, 3.05) is 13.1 Å². The molecule has 0 radical (unpaired) electrons. The Morgan fingerprint density at radius 1 is 1.31 bits per heavy atom. The number of benzene rings is 1. The van der Waals surface area contributed by atoms with Gasteiger partial charge in [0.15, 0.2) is 0 Å². The fraction of sp³-hybridized carbons (Fsp3) is 0.286. The second-order valence-corrected chi connectivity index (χ2v) is 7.61. The lowest BCUT2D eigenvalue weighted by Crippen LogP contribution is -2.49. The van der Waals surface area contributed by atoms with Crippen molar-refractivity contribution < 1.29 is 14.7 Å². The number of aliphatic hydroxyl groups is 1. The van der Waals surface area contributed by atoms with Crippen molar-refractivity contribution in [1.82, 2.24) is 20.2 Å². The van der Waals surface area contributed by atoms with Gasteiger partial charge < -0.3 is 20.3 Å². The molecule has 2 atom stereocenters. The molecule has 7 nitrogen and oxygen atoms in total. The Bertz CT molecular complexity index is 1040. The summed E-state index contributed by atoms with van der Waals surface area (Å²) < 4.78 is 0. The minimum absolute atomic E-state index is 0.195. The summed E-state index contributed by atoms with van der Waals surface area (Å²) in [6.07, 6.45) is 1.96. The number of aromatic nitrogens is 2. The van der Waals surface area contributed by atoms with Crippen LogP contribution in [0.15, 0.2) is 48.7 Å². The Kier molecular flexibility index (Phi) is 5.51. The average Bonchev–Trinajstić information content (AvgIpc) is 3.33. The number of aliphatic hydroxyl groups excluding tert-OH is 1. The molecular weight excluding hydrogens is 392 g/mol. The number of carbonyl (C=O) groups is 2. The zero-order chi connectivity index (χ0) is 20.4. The van der Waals surface area contributed by atoms with E-state index in [0.29, 0.717) is 35.8 Å². The number of hydrogen-bond donors (Lipinski definition) is 3. The molecule has 1 saturated heterocycles. The quantitative estimate of drug-likeness (QED) is 0.559. The lowest BCUT2D eigenvalue weighted by molar-refractivity contribution is -0.132. The number of amides is 2. The fourth-order valence-corrected chi connectivity index (χ4v) is 3.74. The number of pyridine rings is 1. The van der Waals surface area contributed by atoms with E-state index in [1.54, 1.807) is 23.2 Å². The summed E-state index contributed by atoms with van der Waals surface area (Å²) in [6.45, 7) is 0.772. The predicted molar refractivity (Wildman–Crippen MR) is 110 cm³/mol. The Balaban J connectivity index is 1.56. The van der Waals surface area contributed by atoms with Crippen molar-refractivity contribution in [1.29, 1.82) is 0 Å². The van der Waals surface area contributed by atoms with Crippen molar-refractivity contribution >= 4 is 34.3 Å². The molecule has 1 fully saturated rings. The molecule has 3 aromatic rings. The van der Waals surface area contributed by atoms with Crippen LogP contribution >= 0.6 is 11.6 Å². The molecule has 150 valence electrons. The molecule has 3 N–H and O–H groups in total. The van der Waals surface area contributed by atoms with Gasteiger partial charge in [0.05, 0.1) is 17.8 Å². The van der Waals surface area contributed by atoms with Gasteiger partial charge in [-0.3, -0.25) is 9.59 Å². The van der Waals surface area contributed by atoms with Gasteiger partial charge >= 0.3 is 0 Å². The summed E-state index contributed by atoms with van der Waals surface area (Å²) in [5, 5.41) is 13.7. The number of nitrogens with zero attached hydrogens (tertiary/aromatic N) is 2. The molecule has 29 heavy (non-hydrogen) atoms. The van der Waals surface area contributed by atoms with Gasteiger partial charge in [0.2, 0.25) is 5.91 Å². The second kappa shape index (κ2) is 8.23. The van der Waals surface area contributed by atoms with Gasteiger partial charge in [-0.05, 0) is 24.1 Å². The first-order chi connectivity index (χ1) is 14.0. The van der Waals surface area contributed by atoms with Gasteiger partial charge in [-0.1, -0.05) is 41.9 Å². The van der Waals surface area contributed by atoms with Crippen LogP contribution in [0.2, 0.25) is 5.15 Å². The zero-order valence-corrected chi connectivity index (χ0v) is 16.4. The molecule has 1 unspecified atom stereocenters. The molecule has 4 rings (SSSR count). The third kappa shape index (κ3) is 4.41. The van der Waals surface area contributed by atoms with Gasteiger partial charge in [0.1, 0.15) is 16.9 Å². The van der Waals surface area contributed by atoms with E-state index in [0.717, 1.165) is 10.9 Å². The molecule has 3 heterocycles. The Hall–Kier alpha value is -2.90. The highest BCUT2D eigenvalue weighted by molar-refractivity contribution is 6.30. The maximum atomic E-state index is 13.0. The van der Waals surface area contributed by atoms with E-state index in [9.17, 15) is 14.7 Å². The molecule has 8 heteroatoms. The molecule has 0 saturated carbocycles. The summed E-state index contributed by atoms with van der Waals surface area (Å²) in [6, 6.07) is 12.1. The van der Waals surface area contributed by atoms with Crippen molar-refractivity contribution in [3.63, 3.8) is 0 Å². The van der Waals surface area contributed by atoms with E-state index in [4.69, 9.17) is 11.6 Å². The predicted octanol–water partition coefficient (Wildman–Crippen LogP) is 2.15. The molecular formula is C21H21ClN4O3. The normalized spacial score (nSPS) is 17.4. The lowest BCUT2D eigenvalue weighted by atomic mass is 10.0. The number of aromatic amines is 1. The maximum Gasteiger partial charge on any atom is 0.268 e. The van der Waals surface area contributed by atoms with Gasteiger partial charge in [-0.15, -0.1) is 0 Å². The third-order valence-electron chi connectivity index (χ3n) is 5.08. The van der Waals surface area contributed by atoms with Gasteiger partial charge in [0.25, 0.3) is 5.91 Å². The average molecular weight is 413 g/mol. The number of β-amino-alcohol motifs (C(OH)–C–C–N with tert-alkyl or cyclic N) is 1. The molecule has 1 aliphatic rings. The summed E-state index contributed by atoms with van der Waals surface area (Å²) in [7, 11) is 0. The Morgan fingerprint density at radius 2 is 2.10 bits per heavy atom. The highest BCUT2D eigenvalue weighted by atomic mass is 35.5. The summed E-state index contributed by atoms with van der Waals surface area (Å²) in [5.74, 6) is -0.578. The third-order valence-corrected chi connectivity index (χ3v) is 5.28. The van der Waals surface area contributed by atoms with Crippen molar-refractivity contribution in [3.05, 3.63) is 65.1 Å². The van der Waals surface area contributed by atoms with E-state index >= 15 is 0 Å². The summed E-state index contributed by atoms with van der Waals surface area (Å²) in [4.78, 5) is 34.5. The van der Waals surface area contributed by atoms with Crippen LogP contribution in [0.25, 0.3) is 10.9 Å². The lowest BCUT2D eigenvalue weighted by Gasteiger charge is -2.24. The summed E-state index contributed by atoms with van der Waals surface area (Å²) in [5.41, 5.74) is 1.96. The number of likely N-dealkylation sites (tertiary alicyclic amines) is 1. The van der Waals surface area contributed by atoms with E-state index < -0.39 is 12.1 Å². The van der Waals surface area contributed by atoms with Gasteiger partial charge in [0, 0.05) is 24.9 Å². The smallest absolute Gasteiger partial charge is 0.268 e. The van der Waals surface area contributed by atoms with E-state index in [-0.39, 0.29) is 18.4 Å². The zero-order valence-electron chi connectivity index (χ0n) is 15.6. The molecule has 2 amide bonds. The molecule has 0 aliphatic carbocycles. The van der Waals surface area contributed by atoms with Crippen LogP contribution in [0.4, 0.5) is 0 Å². The molecule has 0 spiro atoms. The SMILES string of the molecule is O=C(N[C@@H](Cc1ccccc1)C(=O)N1CCC(O)C1)c1cc2cc(Cl)ncc2[nH]1. The number of nitrogens with one attached hydrogen (secondary N) is 2. The van der Waals surface area contributed by atoms with Crippen molar-refractivity contribution in [3.8, 4) is 0 Å². The fourth-order valence-electron chi connectivity index (χ4n) is 3.58. The maximum absolute atomic E-state index is 13.0. The number of halogens is 1. The standard InChI is InChI=1S/C21H21ClN4O3/c22-19-10-14-9-16(24-18(14)11-23-19)20(28)25-17(8-13-4-2-1-3-5-13)21(29)26-7-6-15(27)12-26/h1-5,9-11,15,17,24,27H,6-8,12H2,(H,25,28)/t15?,17-/m0/s1. The Labute approximate surface area is 172 Å². The van der Waals surface area contributed by atoms with Gasteiger partial charge in [-0.25, -0.2) is 4.98 Å². The highest BCUT2D eigenvalue weighted by Gasteiger charge is 2.31. The van der Waals surface area contributed by atoms with Crippen LogP contribution in [0.1, 0.15) is 22.5 Å². The number of carbonyl (C=O) groups excluding carboxylic acids is 2. The van der Waals surface area contributed by atoms with E-state index in [1.807, 2.05) is 30.3 Å². The number of H-pyrrole nitrogens is 1. The second-order valence-electron chi connectivity index (χ2n) is 7.22. The minimum Gasteiger partial charge on any atom is -0.391 e. The van der Waals surface area contributed by atoms with Crippen molar-refractivity contribution in [2.45, 2.75) is 25.0 Å². The van der Waals surface area contributed by atoms with E-state index in [1.165, 1.54) is 0 Å². The first-order valence-corrected chi connectivity index (χ1v) is 9.83. The minimum atomic E-state index is -0.733. The Morgan fingerprint density at radius 3 is 2.83 bits per heavy atom. The van der Waals surface area contributed by atoms with Crippen LogP contribution in [0.5, 0.6) is 0 Å². The first kappa shape index (κ1) is 19.4. The summed E-state index contributed by atoms with van der Waals surface area (Å²) >= 11 is 5.91. The number of hydrogen-bond acceptors (Lipinski definition) is 4. The van der Waals surface area contributed by atoms with Crippen LogP contribution in [-0.4, -0.2) is 57.0 Å². The molecule has 1 aromatic carbocycles. The van der Waals surface area contributed by atoms with Crippen molar-refractivity contribution in [2.24, 2.45) is 0 Å². The molecule has 0 bridgehead atoms. The molecule has 2 aromatic heterocycles. The highest BCUT2D eigenvalue weighted by Crippen LogP contribution is 2.18. The van der Waals surface area contributed by atoms with Crippen LogP contribution in [-0.2, 0) is 11.2 Å². The van der Waals surface area contributed by atoms with Crippen LogP contribution < -0.4 is 5.32 Å². The molecule has 1 aliphatic heterocycles. The van der Waals surface area contributed by atoms with E-state index in [2.05, 4.69) is 15.3 Å². The van der Waals surface area contributed by atoms with Gasteiger partial charge in [-0.2, -0.15) is 0 Å². The van der Waals surface area contributed by atoms with Crippen LogP contribution in [0.3, 0.4) is 0 Å². The monoisotopic (exact) mass is 412 g/mol. The van der Waals surface area contributed by atoms with Crippen LogP contribution in [0, 0.1) is 0 Å². The number of fused-ring (bicyclic) bond motifs is 1. The number of rotatable bonds is 5. The first-order valence-electron chi connectivity index (χ1n) is 9.45. The topological polar surface area (TPSA) is 98.3 Å².